The lowest BCUT2D eigenvalue weighted by Gasteiger charge is -2.16. The van der Waals surface area contributed by atoms with Crippen molar-refractivity contribution in [3.05, 3.63) is 23.8 Å². The number of benzene rings is 1. The van der Waals surface area contributed by atoms with E-state index in [9.17, 15) is 0 Å². The predicted molar refractivity (Wildman–Crippen MR) is 74.8 cm³/mol. The Morgan fingerprint density at radius 1 is 1.32 bits per heavy atom. The summed E-state index contributed by atoms with van der Waals surface area (Å²) in [6, 6.07) is 5.92. The van der Waals surface area contributed by atoms with Crippen LogP contribution in [-0.4, -0.2) is 33.5 Å². The van der Waals surface area contributed by atoms with Gasteiger partial charge in [0.25, 0.3) is 0 Å². The molecule has 2 rings (SSSR count). The smallest absolute Gasteiger partial charge is 0.127 e. The normalized spacial score (nSPS) is 22.5. The first-order valence-corrected chi connectivity index (χ1v) is 6.77. The van der Waals surface area contributed by atoms with Crippen molar-refractivity contribution in [2.75, 3.05) is 27.4 Å². The Labute approximate surface area is 115 Å². The maximum absolute atomic E-state index is 5.56. The number of nitrogens with one attached hydrogen (secondary N) is 1. The van der Waals surface area contributed by atoms with Crippen molar-refractivity contribution < 1.29 is 14.2 Å². The number of hydrogen-bond acceptors (Lipinski definition) is 4. The van der Waals surface area contributed by atoms with Gasteiger partial charge in [-0.25, -0.2) is 0 Å². The average molecular weight is 265 g/mol. The molecule has 1 aromatic rings. The summed E-state index contributed by atoms with van der Waals surface area (Å²) in [5.41, 5.74) is 1.15. The van der Waals surface area contributed by atoms with Gasteiger partial charge in [0.2, 0.25) is 0 Å². The topological polar surface area (TPSA) is 39.7 Å². The average Bonchev–Trinajstić information content (AvgIpc) is 2.84. The summed E-state index contributed by atoms with van der Waals surface area (Å²) in [7, 11) is 3.35. The number of hydrogen-bond donors (Lipinski definition) is 1. The van der Waals surface area contributed by atoms with Crippen molar-refractivity contribution in [1.82, 2.24) is 5.32 Å². The van der Waals surface area contributed by atoms with E-state index in [0.29, 0.717) is 12.0 Å². The summed E-state index contributed by atoms with van der Waals surface area (Å²) in [5, 5.41) is 3.49. The lowest BCUT2D eigenvalue weighted by Crippen LogP contribution is -2.26. The Morgan fingerprint density at radius 2 is 2.16 bits per heavy atom. The largest absolute Gasteiger partial charge is 0.497 e. The van der Waals surface area contributed by atoms with Crippen LogP contribution in [0.2, 0.25) is 0 Å². The van der Waals surface area contributed by atoms with Gasteiger partial charge in [-0.2, -0.15) is 0 Å². The molecular weight excluding hydrogens is 242 g/mol. The van der Waals surface area contributed by atoms with Crippen LogP contribution in [0.3, 0.4) is 0 Å². The fourth-order valence-electron chi connectivity index (χ4n) is 2.43. The first-order chi connectivity index (χ1) is 9.24. The highest BCUT2D eigenvalue weighted by Gasteiger charge is 2.23. The van der Waals surface area contributed by atoms with Crippen LogP contribution in [0, 0.1) is 5.92 Å². The summed E-state index contributed by atoms with van der Waals surface area (Å²) in [4.78, 5) is 0. The number of ether oxygens (including phenoxy) is 3. The molecule has 0 radical (unpaired) electrons. The Kier molecular flexibility index (Phi) is 5.05. The van der Waals surface area contributed by atoms with E-state index in [0.717, 1.165) is 43.2 Å². The zero-order chi connectivity index (χ0) is 13.7. The van der Waals surface area contributed by atoms with Gasteiger partial charge in [0.1, 0.15) is 11.5 Å². The minimum Gasteiger partial charge on any atom is -0.497 e. The Hall–Kier alpha value is -1.26. The molecule has 1 fully saturated rings. The highest BCUT2D eigenvalue weighted by molar-refractivity contribution is 5.40. The molecule has 0 aliphatic carbocycles. The Balaban J connectivity index is 1.88. The lowest BCUT2D eigenvalue weighted by molar-refractivity contribution is 0.105. The van der Waals surface area contributed by atoms with E-state index in [-0.39, 0.29) is 0 Å². The van der Waals surface area contributed by atoms with Crippen LogP contribution in [0.5, 0.6) is 11.5 Å². The van der Waals surface area contributed by atoms with E-state index in [1.54, 1.807) is 14.2 Å². The van der Waals surface area contributed by atoms with Crippen LogP contribution in [0.25, 0.3) is 0 Å². The molecule has 2 unspecified atom stereocenters. The van der Waals surface area contributed by atoms with Gasteiger partial charge in [0.15, 0.2) is 0 Å². The van der Waals surface area contributed by atoms with Crippen molar-refractivity contribution in [2.24, 2.45) is 5.92 Å². The van der Waals surface area contributed by atoms with Crippen molar-refractivity contribution in [1.29, 1.82) is 0 Å². The molecule has 1 aliphatic heterocycles. The van der Waals surface area contributed by atoms with Crippen molar-refractivity contribution in [3.8, 4) is 11.5 Å². The third-order valence-corrected chi connectivity index (χ3v) is 3.75. The van der Waals surface area contributed by atoms with E-state index in [4.69, 9.17) is 14.2 Å². The van der Waals surface area contributed by atoms with Gasteiger partial charge in [-0.05, 0) is 25.3 Å². The molecule has 1 saturated heterocycles. The van der Waals surface area contributed by atoms with E-state index < -0.39 is 0 Å². The zero-order valence-corrected chi connectivity index (χ0v) is 11.9. The molecule has 2 atom stereocenters. The molecular formula is C15H23NO3. The second kappa shape index (κ2) is 6.78. The third kappa shape index (κ3) is 3.61. The van der Waals surface area contributed by atoms with Gasteiger partial charge in [0, 0.05) is 31.3 Å². The van der Waals surface area contributed by atoms with Gasteiger partial charge in [-0.3, -0.25) is 0 Å². The quantitative estimate of drug-likeness (QED) is 0.856. The third-order valence-electron chi connectivity index (χ3n) is 3.75. The van der Waals surface area contributed by atoms with Crippen LogP contribution >= 0.6 is 0 Å². The van der Waals surface area contributed by atoms with Crippen LogP contribution in [0.4, 0.5) is 0 Å². The summed E-state index contributed by atoms with van der Waals surface area (Å²) in [6.45, 7) is 4.82. The fourth-order valence-corrected chi connectivity index (χ4v) is 2.43. The molecule has 4 heteroatoms. The standard InChI is InChI=1S/C15H23NO3/c1-11-12(6-7-19-11)9-16-10-13-4-5-14(17-2)8-15(13)18-3/h4-5,8,11-12,16H,6-7,9-10H2,1-3H3. The predicted octanol–water partition coefficient (Wildman–Crippen LogP) is 2.22. The molecule has 106 valence electrons. The van der Waals surface area contributed by atoms with E-state index in [1.807, 2.05) is 18.2 Å². The molecule has 1 aromatic carbocycles. The van der Waals surface area contributed by atoms with Gasteiger partial charge in [-0.1, -0.05) is 6.07 Å². The summed E-state index contributed by atoms with van der Waals surface area (Å²) < 4.78 is 16.1. The van der Waals surface area contributed by atoms with Crippen molar-refractivity contribution >= 4 is 0 Å². The SMILES string of the molecule is COc1ccc(CNCC2CCOC2C)c(OC)c1. The van der Waals surface area contributed by atoms with Crippen LogP contribution in [-0.2, 0) is 11.3 Å². The fraction of sp³-hybridized carbons (Fsp3) is 0.600. The summed E-state index contributed by atoms with van der Waals surface area (Å²) >= 11 is 0. The van der Waals surface area contributed by atoms with E-state index in [2.05, 4.69) is 12.2 Å². The molecule has 19 heavy (non-hydrogen) atoms. The minimum atomic E-state index is 0.366. The monoisotopic (exact) mass is 265 g/mol. The summed E-state index contributed by atoms with van der Waals surface area (Å²) in [5.74, 6) is 2.30. The van der Waals surface area contributed by atoms with Crippen LogP contribution in [0.15, 0.2) is 18.2 Å². The zero-order valence-electron chi connectivity index (χ0n) is 11.9. The summed E-state index contributed by atoms with van der Waals surface area (Å²) in [6.07, 6.45) is 1.51. The Morgan fingerprint density at radius 3 is 2.79 bits per heavy atom. The molecule has 0 amide bonds. The molecule has 1 N–H and O–H groups in total. The molecule has 0 saturated carbocycles. The van der Waals surface area contributed by atoms with Crippen molar-refractivity contribution in [2.45, 2.75) is 26.0 Å². The molecule has 0 aromatic heterocycles. The number of methoxy groups -OCH3 is 2. The molecule has 4 nitrogen and oxygen atoms in total. The second-order valence-corrected chi connectivity index (χ2v) is 4.93. The lowest BCUT2D eigenvalue weighted by atomic mass is 10.0. The van der Waals surface area contributed by atoms with Crippen LogP contribution in [0.1, 0.15) is 18.9 Å². The highest BCUT2D eigenvalue weighted by atomic mass is 16.5. The first-order valence-electron chi connectivity index (χ1n) is 6.77. The maximum Gasteiger partial charge on any atom is 0.127 e. The van der Waals surface area contributed by atoms with E-state index in [1.165, 1.54) is 0 Å². The Bertz CT molecular complexity index is 408. The molecule has 0 spiro atoms. The molecule has 1 heterocycles. The number of rotatable bonds is 6. The molecule has 1 aliphatic rings. The first kappa shape index (κ1) is 14.2. The van der Waals surface area contributed by atoms with E-state index >= 15 is 0 Å². The molecule has 0 bridgehead atoms. The van der Waals surface area contributed by atoms with Crippen molar-refractivity contribution in [3.63, 3.8) is 0 Å². The second-order valence-electron chi connectivity index (χ2n) is 4.93. The maximum atomic E-state index is 5.56. The van der Waals surface area contributed by atoms with Gasteiger partial charge < -0.3 is 19.5 Å². The van der Waals surface area contributed by atoms with Gasteiger partial charge >= 0.3 is 0 Å². The van der Waals surface area contributed by atoms with Gasteiger partial charge in [-0.15, -0.1) is 0 Å². The highest BCUT2D eigenvalue weighted by Crippen LogP contribution is 2.25. The minimum absolute atomic E-state index is 0.366. The van der Waals surface area contributed by atoms with Gasteiger partial charge in [0.05, 0.1) is 20.3 Å². The van der Waals surface area contributed by atoms with Crippen LogP contribution < -0.4 is 14.8 Å².